The van der Waals surface area contributed by atoms with Crippen molar-refractivity contribution in [3.63, 3.8) is 0 Å². The first-order chi connectivity index (χ1) is 17.1. The second-order valence-electron chi connectivity index (χ2n) is 9.13. The summed E-state index contributed by atoms with van der Waals surface area (Å²) in [5, 5.41) is 13.5. The third-order valence-corrected chi connectivity index (χ3v) is 7.13. The van der Waals surface area contributed by atoms with E-state index in [2.05, 4.69) is 30.2 Å². The Labute approximate surface area is 207 Å². The summed E-state index contributed by atoms with van der Waals surface area (Å²) in [6, 6.07) is 6.20. The fourth-order valence-corrected chi connectivity index (χ4v) is 4.66. The zero-order valence-corrected chi connectivity index (χ0v) is 20.8. The molecule has 0 atom stereocenters. The van der Waals surface area contributed by atoms with Crippen LogP contribution in [-0.4, -0.2) is 49.3 Å². The normalized spacial score (nSPS) is 13.9. The predicted molar refractivity (Wildman–Crippen MR) is 134 cm³/mol. The van der Waals surface area contributed by atoms with Gasteiger partial charge in [0.25, 0.3) is 5.56 Å². The molecule has 0 aliphatic heterocycles. The summed E-state index contributed by atoms with van der Waals surface area (Å²) in [5.74, 6) is 0.406. The molecule has 1 fully saturated rings. The molecule has 1 aliphatic carbocycles. The first kappa shape index (κ1) is 23.8. The predicted octanol–water partition coefficient (Wildman–Crippen LogP) is 2.82. The monoisotopic (exact) mass is 507 g/mol. The van der Waals surface area contributed by atoms with Crippen LogP contribution >= 0.6 is 0 Å². The molecule has 1 aliphatic rings. The van der Waals surface area contributed by atoms with Crippen molar-refractivity contribution >= 4 is 26.8 Å². The molecular formula is C24H25N7O4S. The van der Waals surface area contributed by atoms with Crippen LogP contribution in [0.2, 0.25) is 0 Å². The third kappa shape index (κ3) is 4.51. The molecule has 1 saturated carbocycles. The molecule has 11 nitrogen and oxygen atoms in total. The maximum Gasteiger partial charge on any atom is 0.295 e. The highest BCUT2D eigenvalue weighted by Gasteiger charge is 2.31. The Bertz CT molecular complexity index is 1630. The summed E-state index contributed by atoms with van der Waals surface area (Å²) in [7, 11) is -3.29. The fraction of sp³-hybridized carbons (Fsp3) is 0.333. The first-order valence-electron chi connectivity index (χ1n) is 11.5. The van der Waals surface area contributed by atoms with Gasteiger partial charge in [0, 0.05) is 24.8 Å². The van der Waals surface area contributed by atoms with Gasteiger partial charge in [-0.1, -0.05) is 12.1 Å². The fourth-order valence-electron chi connectivity index (χ4n) is 4.03. The molecule has 0 amide bonds. The molecule has 0 radical (unpaired) electrons. The van der Waals surface area contributed by atoms with Crippen LogP contribution in [-0.2, 0) is 16.4 Å². The molecule has 0 spiro atoms. The minimum Gasteiger partial charge on any atom is -0.493 e. The van der Waals surface area contributed by atoms with E-state index in [0.717, 1.165) is 24.7 Å². The largest absolute Gasteiger partial charge is 0.493 e. The molecule has 1 aromatic carbocycles. The van der Waals surface area contributed by atoms with Crippen LogP contribution in [0.3, 0.4) is 0 Å². The molecule has 3 aromatic heterocycles. The minimum absolute atomic E-state index is 0.129. The van der Waals surface area contributed by atoms with Crippen molar-refractivity contribution in [2.75, 3.05) is 11.6 Å². The summed E-state index contributed by atoms with van der Waals surface area (Å²) < 4.78 is 24.9. The summed E-state index contributed by atoms with van der Waals surface area (Å²) >= 11 is 0. The Balaban J connectivity index is 1.53. The molecule has 186 valence electrons. The van der Waals surface area contributed by atoms with Crippen molar-refractivity contribution in [2.45, 2.75) is 50.1 Å². The van der Waals surface area contributed by atoms with Gasteiger partial charge in [-0.3, -0.25) is 9.36 Å². The van der Waals surface area contributed by atoms with Crippen molar-refractivity contribution in [1.29, 1.82) is 0 Å². The zero-order chi connectivity index (χ0) is 25.6. The SMILES string of the molecule is CC(C)n1c(=O)c(NCc2ccc(S(C)(=O)=O)cc2)nc2cnc(-c3c(O)ncnc3C3CC3)nc21. The van der Waals surface area contributed by atoms with E-state index in [0.29, 0.717) is 22.4 Å². The van der Waals surface area contributed by atoms with E-state index in [1.54, 1.807) is 12.1 Å². The van der Waals surface area contributed by atoms with Gasteiger partial charge in [-0.15, -0.1) is 0 Å². The van der Waals surface area contributed by atoms with E-state index < -0.39 is 9.84 Å². The summed E-state index contributed by atoms with van der Waals surface area (Å²) in [4.78, 5) is 35.3. The molecule has 4 aromatic rings. The molecular weight excluding hydrogens is 482 g/mol. The number of nitrogens with one attached hydrogen (secondary N) is 1. The highest BCUT2D eigenvalue weighted by Crippen LogP contribution is 2.44. The Hall–Kier alpha value is -3.93. The number of sulfone groups is 1. The average molecular weight is 508 g/mol. The second-order valence-corrected chi connectivity index (χ2v) is 11.1. The number of rotatable bonds is 7. The zero-order valence-electron chi connectivity index (χ0n) is 20.0. The lowest BCUT2D eigenvalue weighted by molar-refractivity contribution is 0.452. The van der Waals surface area contributed by atoms with Crippen molar-refractivity contribution < 1.29 is 13.5 Å². The van der Waals surface area contributed by atoms with Crippen molar-refractivity contribution in [1.82, 2.24) is 29.5 Å². The lowest BCUT2D eigenvalue weighted by Crippen LogP contribution is -2.27. The van der Waals surface area contributed by atoms with E-state index >= 15 is 0 Å². The van der Waals surface area contributed by atoms with E-state index in [9.17, 15) is 18.3 Å². The lowest BCUT2D eigenvalue weighted by Gasteiger charge is -2.16. The topological polar surface area (TPSA) is 153 Å². The molecule has 0 saturated heterocycles. The quantitative estimate of drug-likeness (QED) is 0.382. The molecule has 5 rings (SSSR count). The Morgan fingerprint density at radius 3 is 2.47 bits per heavy atom. The Morgan fingerprint density at radius 2 is 1.83 bits per heavy atom. The number of hydrogen-bond acceptors (Lipinski definition) is 10. The molecule has 2 N–H and O–H groups in total. The van der Waals surface area contributed by atoms with Crippen LogP contribution in [0.1, 0.15) is 49.9 Å². The molecule has 36 heavy (non-hydrogen) atoms. The van der Waals surface area contributed by atoms with Gasteiger partial charge >= 0.3 is 0 Å². The molecule has 3 heterocycles. The summed E-state index contributed by atoms with van der Waals surface area (Å²) in [5.41, 5.74) is 2.27. The molecule has 0 unspecified atom stereocenters. The van der Waals surface area contributed by atoms with Gasteiger partial charge in [-0.2, -0.15) is 0 Å². The maximum absolute atomic E-state index is 13.4. The van der Waals surface area contributed by atoms with E-state index in [1.165, 1.54) is 29.2 Å². The lowest BCUT2D eigenvalue weighted by atomic mass is 10.1. The Kier molecular flexibility index (Phi) is 5.91. The number of benzene rings is 1. The smallest absolute Gasteiger partial charge is 0.295 e. The van der Waals surface area contributed by atoms with Gasteiger partial charge in [0.15, 0.2) is 27.1 Å². The van der Waals surface area contributed by atoms with Crippen LogP contribution in [0.25, 0.3) is 22.6 Å². The van der Waals surface area contributed by atoms with Crippen molar-refractivity contribution in [2.24, 2.45) is 0 Å². The van der Waals surface area contributed by atoms with Crippen molar-refractivity contribution in [3.8, 4) is 17.3 Å². The molecule has 12 heteroatoms. The first-order valence-corrected chi connectivity index (χ1v) is 13.4. The van der Waals surface area contributed by atoms with Gasteiger partial charge in [-0.05, 0) is 44.4 Å². The van der Waals surface area contributed by atoms with E-state index in [4.69, 9.17) is 0 Å². The van der Waals surface area contributed by atoms with Gasteiger partial charge in [0.05, 0.1) is 16.8 Å². The number of anilines is 1. The standard InChI is InChI=1S/C24H25N7O4S/c1-13(2)31-22-17(11-26-20(30-22)18-19(15-6-7-15)27-12-28-23(18)32)29-21(24(31)33)25-10-14-4-8-16(9-5-14)36(3,34)35/h4-5,8-9,11-13,15H,6-7,10H2,1-3H3,(H,25,29)(H,27,28,32). The number of nitrogens with zero attached hydrogens (tertiary/aromatic N) is 6. The van der Waals surface area contributed by atoms with Crippen LogP contribution < -0.4 is 10.9 Å². The van der Waals surface area contributed by atoms with Crippen molar-refractivity contribution in [3.05, 3.63) is 58.4 Å². The van der Waals surface area contributed by atoms with Gasteiger partial charge in [0.2, 0.25) is 5.88 Å². The summed E-state index contributed by atoms with van der Waals surface area (Å²) in [6.07, 6.45) is 5.94. The van der Waals surface area contributed by atoms with Gasteiger partial charge in [0.1, 0.15) is 17.4 Å². The number of fused-ring (bicyclic) bond motifs is 1. The number of aromatic hydroxyl groups is 1. The average Bonchev–Trinajstić information content (AvgIpc) is 3.67. The Morgan fingerprint density at radius 1 is 1.11 bits per heavy atom. The number of hydrogen-bond donors (Lipinski definition) is 2. The van der Waals surface area contributed by atoms with Crippen LogP contribution in [0.15, 0.2) is 46.5 Å². The van der Waals surface area contributed by atoms with Crippen LogP contribution in [0.5, 0.6) is 5.88 Å². The molecule has 0 bridgehead atoms. The maximum atomic E-state index is 13.4. The highest BCUT2D eigenvalue weighted by atomic mass is 32.2. The van der Waals surface area contributed by atoms with Crippen LogP contribution in [0.4, 0.5) is 5.82 Å². The van der Waals surface area contributed by atoms with Gasteiger partial charge < -0.3 is 10.4 Å². The highest BCUT2D eigenvalue weighted by molar-refractivity contribution is 7.90. The van der Waals surface area contributed by atoms with Crippen LogP contribution in [0, 0.1) is 0 Å². The van der Waals surface area contributed by atoms with E-state index in [1.807, 2.05) is 13.8 Å². The minimum atomic E-state index is -3.29. The third-order valence-electron chi connectivity index (χ3n) is 6.00. The second kappa shape index (κ2) is 8.94. The number of aromatic nitrogens is 6. The summed E-state index contributed by atoms with van der Waals surface area (Å²) in [6.45, 7) is 4.01. The van der Waals surface area contributed by atoms with Gasteiger partial charge in [-0.25, -0.2) is 33.3 Å². The van der Waals surface area contributed by atoms with E-state index in [-0.39, 0.29) is 46.5 Å².